The van der Waals surface area contributed by atoms with Crippen LogP contribution in [0.4, 0.5) is 0 Å². The van der Waals surface area contributed by atoms with E-state index in [4.69, 9.17) is 4.74 Å². The van der Waals surface area contributed by atoms with Crippen molar-refractivity contribution in [3.63, 3.8) is 0 Å². The summed E-state index contributed by atoms with van der Waals surface area (Å²) in [6.07, 6.45) is 12.3. The average Bonchev–Trinajstić information content (AvgIpc) is 2.92. The lowest BCUT2D eigenvalue weighted by Gasteiger charge is -2.45. The molecular weight excluding hydrogens is 234 g/mol. The largest absolute Gasteiger partial charge is 0.374 e. The van der Waals surface area contributed by atoms with Crippen molar-refractivity contribution in [3.05, 3.63) is 0 Å². The second kappa shape index (κ2) is 7.08. The summed E-state index contributed by atoms with van der Waals surface area (Å²) in [4.78, 5) is 0. The molecule has 1 atom stereocenters. The monoisotopic (exact) mass is 267 g/mol. The van der Waals surface area contributed by atoms with Crippen LogP contribution in [0.3, 0.4) is 0 Å². The summed E-state index contributed by atoms with van der Waals surface area (Å²) in [5.74, 6) is 1.83. The van der Waals surface area contributed by atoms with Crippen molar-refractivity contribution in [1.29, 1.82) is 0 Å². The van der Waals surface area contributed by atoms with Gasteiger partial charge in [-0.25, -0.2) is 0 Å². The van der Waals surface area contributed by atoms with E-state index < -0.39 is 0 Å². The molecule has 2 fully saturated rings. The number of hydrogen-bond acceptors (Lipinski definition) is 2. The first-order valence-corrected chi connectivity index (χ1v) is 8.51. The van der Waals surface area contributed by atoms with Gasteiger partial charge in [-0.05, 0) is 57.9 Å². The number of hydrogen-bond donors (Lipinski definition) is 1. The first-order valence-electron chi connectivity index (χ1n) is 8.51. The maximum Gasteiger partial charge on any atom is 0.0834 e. The van der Waals surface area contributed by atoms with Crippen LogP contribution < -0.4 is 5.32 Å². The fourth-order valence-electron chi connectivity index (χ4n) is 4.31. The van der Waals surface area contributed by atoms with Gasteiger partial charge in [-0.1, -0.05) is 32.6 Å². The summed E-state index contributed by atoms with van der Waals surface area (Å²) in [5, 5.41) is 3.61. The number of nitrogens with one attached hydrogen (secondary N) is 1. The second-order valence-corrected chi connectivity index (χ2v) is 6.91. The maximum absolute atomic E-state index is 6.32. The lowest BCUT2D eigenvalue weighted by atomic mass is 9.73. The van der Waals surface area contributed by atoms with Crippen LogP contribution in [0, 0.1) is 11.8 Å². The molecule has 19 heavy (non-hydrogen) atoms. The molecule has 112 valence electrons. The van der Waals surface area contributed by atoms with E-state index in [0.29, 0.717) is 6.04 Å². The van der Waals surface area contributed by atoms with E-state index >= 15 is 0 Å². The van der Waals surface area contributed by atoms with E-state index in [0.717, 1.165) is 18.4 Å². The normalized spacial score (nSPS) is 34.6. The molecule has 2 aliphatic rings. The molecule has 0 aromatic heterocycles. The Morgan fingerprint density at radius 2 is 1.79 bits per heavy atom. The highest BCUT2D eigenvalue weighted by Crippen LogP contribution is 2.40. The number of rotatable bonds is 6. The number of ether oxygens (including phenoxy) is 1. The molecule has 0 bridgehead atoms. The molecule has 0 amide bonds. The lowest BCUT2D eigenvalue weighted by molar-refractivity contribution is -0.0989. The van der Waals surface area contributed by atoms with Gasteiger partial charge in [0.05, 0.1) is 5.60 Å². The molecule has 2 nitrogen and oxygen atoms in total. The Labute approximate surface area is 119 Å². The van der Waals surface area contributed by atoms with Crippen LogP contribution in [-0.4, -0.2) is 25.3 Å². The van der Waals surface area contributed by atoms with Crippen molar-refractivity contribution >= 4 is 0 Å². The molecular formula is C17H33NO. The zero-order valence-electron chi connectivity index (χ0n) is 13.2. The van der Waals surface area contributed by atoms with Crippen molar-refractivity contribution in [2.75, 3.05) is 13.7 Å². The molecule has 0 radical (unpaired) electrons. The molecule has 0 heterocycles. The summed E-state index contributed by atoms with van der Waals surface area (Å²) >= 11 is 0. The van der Waals surface area contributed by atoms with E-state index in [9.17, 15) is 0 Å². The van der Waals surface area contributed by atoms with E-state index in [-0.39, 0.29) is 5.60 Å². The predicted molar refractivity (Wildman–Crippen MR) is 81.4 cm³/mol. The predicted octanol–water partition coefficient (Wildman–Crippen LogP) is 4.14. The Balaban J connectivity index is 2.01. The Kier molecular flexibility index (Phi) is 5.70. The third-order valence-corrected chi connectivity index (χ3v) is 5.58. The molecule has 0 spiro atoms. The highest BCUT2D eigenvalue weighted by molar-refractivity contribution is 4.97. The number of likely N-dealkylation sites (N-methyl/N-ethyl adjacent to an activating group) is 1. The lowest BCUT2D eigenvalue weighted by Crippen LogP contribution is -2.54. The van der Waals surface area contributed by atoms with Gasteiger partial charge in [0.25, 0.3) is 0 Å². The van der Waals surface area contributed by atoms with Crippen molar-refractivity contribution in [1.82, 2.24) is 5.32 Å². The summed E-state index contributed by atoms with van der Waals surface area (Å²) in [6.45, 7) is 5.40. The minimum absolute atomic E-state index is 0.124. The van der Waals surface area contributed by atoms with E-state index in [2.05, 4.69) is 26.2 Å². The molecule has 1 unspecified atom stereocenters. The molecule has 0 aromatic carbocycles. The van der Waals surface area contributed by atoms with Crippen LogP contribution in [0.2, 0.25) is 0 Å². The molecule has 2 aliphatic carbocycles. The topological polar surface area (TPSA) is 21.3 Å². The summed E-state index contributed by atoms with van der Waals surface area (Å²) < 4.78 is 6.32. The second-order valence-electron chi connectivity index (χ2n) is 6.91. The van der Waals surface area contributed by atoms with Crippen molar-refractivity contribution in [2.45, 2.75) is 83.3 Å². The summed E-state index contributed by atoms with van der Waals surface area (Å²) in [5.41, 5.74) is 0.124. The van der Waals surface area contributed by atoms with Crippen LogP contribution >= 0.6 is 0 Å². The van der Waals surface area contributed by atoms with Gasteiger partial charge < -0.3 is 10.1 Å². The molecule has 2 saturated carbocycles. The van der Waals surface area contributed by atoms with Crippen LogP contribution in [0.15, 0.2) is 0 Å². The van der Waals surface area contributed by atoms with Crippen LogP contribution in [-0.2, 0) is 4.74 Å². The van der Waals surface area contributed by atoms with Crippen LogP contribution in [0.25, 0.3) is 0 Å². The highest BCUT2D eigenvalue weighted by Gasteiger charge is 2.42. The fourth-order valence-corrected chi connectivity index (χ4v) is 4.31. The van der Waals surface area contributed by atoms with Gasteiger partial charge in [0.2, 0.25) is 0 Å². The highest BCUT2D eigenvalue weighted by atomic mass is 16.5. The third kappa shape index (κ3) is 3.72. The van der Waals surface area contributed by atoms with Gasteiger partial charge in [0, 0.05) is 12.6 Å². The molecule has 2 rings (SSSR count). The van der Waals surface area contributed by atoms with Crippen molar-refractivity contribution < 1.29 is 4.74 Å². The quantitative estimate of drug-likeness (QED) is 0.781. The molecule has 0 saturated heterocycles. The van der Waals surface area contributed by atoms with Gasteiger partial charge >= 0.3 is 0 Å². The summed E-state index contributed by atoms with van der Waals surface area (Å²) in [7, 11) is 2.14. The van der Waals surface area contributed by atoms with Gasteiger partial charge in [-0.2, -0.15) is 0 Å². The van der Waals surface area contributed by atoms with Crippen molar-refractivity contribution in [3.8, 4) is 0 Å². The standard InChI is InChI=1S/C17H33NO/c1-4-19-17(11-9-14(2)10-12-17)16(18-3)13-15-7-5-6-8-15/h14-16,18H,4-13H2,1-3H3. The minimum atomic E-state index is 0.124. The van der Waals surface area contributed by atoms with E-state index in [1.165, 1.54) is 57.8 Å². The maximum atomic E-state index is 6.32. The molecule has 2 heteroatoms. The molecule has 1 N–H and O–H groups in total. The Morgan fingerprint density at radius 3 is 2.32 bits per heavy atom. The van der Waals surface area contributed by atoms with Crippen molar-refractivity contribution in [2.24, 2.45) is 11.8 Å². The zero-order valence-corrected chi connectivity index (χ0v) is 13.2. The summed E-state index contributed by atoms with van der Waals surface area (Å²) in [6, 6.07) is 0.558. The molecule has 0 aromatic rings. The van der Waals surface area contributed by atoms with Crippen LogP contribution in [0.5, 0.6) is 0 Å². The van der Waals surface area contributed by atoms with Gasteiger partial charge in [0.15, 0.2) is 0 Å². The van der Waals surface area contributed by atoms with E-state index in [1.807, 2.05) is 0 Å². The Bertz CT molecular complexity index is 252. The fraction of sp³-hybridized carbons (Fsp3) is 1.00. The van der Waals surface area contributed by atoms with E-state index in [1.54, 1.807) is 0 Å². The van der Waals surface area contributed by atoms with Gasteiger partial charge in [-0.3, -0.25) is 0 Å². The molecule has 0 aliphatic heterocycles. The minimum Gasteiger partial charge on any atom is -0.374 e. The van der Waals surface area contributed by atoms with Gasteiger partial charge in [-0.15, -0.1) is 0 Å². The zero-order chi connectivity index (χ0) is 13.7. The van der Waals surface area contributed by atoms with Crippen LogP contribution in [0.1, 0.15) is 71.6 Å². The Hall–Kier alpha value is -0.0800. The first-order chi connectivity index (χ1) is 9.20. The average molecular weight is 267 g/mol. The SMILES string of the molecule is CCOC1(C(CC2CCCC2)NC)CCC(C)CC1. The smallest absolute Gasteiger partial charge is 0.0834 e. The van der Waals surface area contributed by atoms with Gasteiger partial charge in [0.1, 0.15) is 0 Å². The first kappa shape index (κ1) is 15.3. The third-order valence-electron chi connectivity index (χ3n) is 5.58. The Morgan fingerprint density at radius 1 is 1.16 bits per heavy atom.